The highest BCUT2D eigenvalue weighted by molar-refractivity contribution is 5.75. The van der Waals surface area contributed by atoms with Crippen LogP contribution in [0.4, 0.5) is 0 Å². The van der Waals surface area contributed by atoms with Crippen LogP contribution >= 0.6 is 0 Å². The van der Waals surface area contributed by atoms with Crippen LogP contribution in [0.3, 0.4) is 0 Å². The van der Waals surface area contributed by atoms with E-state index in [-0.39, 0.29) is 5.54 Å². The second-order valence-corrected chi connectivity index (χ2v) is 5.66. The average molecular weight is 282 g/mol. The summed E-state index contributed by atoms with van der Waals surface area (Å²) in [6, 6.07) is 9.58. The molecule has 0 bridgehead atoms. The quantitative estimate of drug-likeness (QED) is 0.727. The van der Waals surface area contributed by atoms with Gasteiger partial charge in [0.05, 0.1) is 11.6 Å². The van der Waals surface area contributed by atoms with Gasteiger partial charge < -0.3 is 5.11 Å². The maximum absolute atomic E-state index is 9.36. The van der Waals surface area contributed by atoms with Crippen LogP contribution in [-0.4, -0.2) is 16.9 Å². The molecule has 1 heterocycles. The maximum Gasteiger partial charge on any atom is 0.115 e. The number of phenols is 1. The Morgan fingerprint density at radius 1 is 1.10 bits per heavy atom. The molecule has 1 aliphatic heterocycles. The molecule has 0 saturated carbocycles. The highest BCUT2D eigenvalue weighted by atomic mass is 16.3. The van der Waals surface area contributed by atoms with E-state index in [1.165, 1.54) is 5.56 Å². The van der Waals surface area contributed by atoms with Gasteiger partial charge in [-0.15, -0.1) is 0 Å². The highest BCUT2D eigenvalue weighted by Gasteiger charge is 2.27. The molecule has 1 aliphatic rings. The summed E-state index contributed by atoms with van der Waals surface area (Å²) in [6.45, 7) is 0. The smallest absolute Gasteiger partial charge is 0.115 e. The molecule has 110 valence electrons. The molecular weight excluding hydrogens is 260 g/mol. The van der Waals surface area contributed by atoms with Crippen LogP contribution in [0.15, 0.2) is 41.4 Å². The molecular formula is C18H22N2O. The third-order valence-electron chi connectivity index (χ3n) is 3.92. The molecule has 0 radical (unpaired) electrons. The number of aromatic hydroxyl groups is 1. The van der Waals surface area contributed by atoms with Gasteiger partial charge in [-0.25, -0.2) is 0 Å². The Morgan fingerprint density at radius 3 is 2.52 bits per heavy atom. The molecule has 3 nitrogen and oxygen atoms in total. The number of nitrogens with zero attached hydrogens (tertiary/aromatic N) is 2. The first-order valence-corrected chi connectivity index (χ1v) is 7.62. The molecule has 0 spiro atoms. The van der Waals surface area contributed by atoms with Crippen molar-refractivity contribution >= 4 is 6.21 Å². The standard InChI is InChI=1S/C18H22N2O/c19-13-5-3-1-2-4-11-18(12-6-14-20-18)15-16-7-9-17(21)10-8-16/h6-10,12,14,21H,1-5,11,15H2. The van der Waals surface area contributed by atoms with E-state index in [1.807, 2.05) is 24.4 Å². The van der Waals surface area contributed by atoms with Crippen molar-refractivity contribution in [3.8, 4) is 11.8 Å². The van der Waals surface area contributed by atoms with Gasteiger partial charge >= 0.3 is 0 Å². The van der Waals surface area contributed by atoms with Crippen LogP contribution in [0, 0.1) is 11.3 Å². The van der Waals surface area contributed by atoms with Crippen molar-refractivity contribution in [2.45, 2.75) is 50.5 Å². The fourth-order valence-electron chi connectivity index (χ4n) is 2.75. The molecule has 0 aliphatic carbocycles. The van der Waals surface area contributed by atoms with Gasteiger partial charge in [0, 0.05) is 19.1 Å². The van der Waals surface area contributed by atoms with E-state index in [2.05, 4.69) is 17.1 Å². The normalized spacial score (nSPS) is 19.8. The Hall–Kier alpha value is -2.08. The monoisotopic (exact) mass is 282 g/mol. The van der Waals surface area contributed by atoms with Crippen LogP contribution in [0.1, 0.15) is 44.1 Å². The van der Waals surface area contributed by atoms with Crippen molar-refractivity contribution in [1.29, 1.82) is 5.26 Å². The zero-order chi connectivity index (χ0) is 15.0. The van der Waals surface area contributed by atoms with Crippen molar-refractivity contribution < 1.29 is 5.11 Å². The number of unbranched alkanes of at least 4 members (excludes halogenated alkanes) is 4. The van der Waals surface area contributed by atoms with E-state index in [1.54, 1.807) is 12.1 Å². The molecule has 0 amide bonds. The van der Waals surface area contributed by atoms with Gasteiger partial charge in [-0.1, -0.05) is 37.5 Å². The number of benzene rings is 1. The summed E-state index contributed by atoms with van der Waals surface area (Å²) in [6.07, 6.45) is 13.1. The van der Waals surface area contributed by atoms with Gasteiger partial charge in [0.1, 0.15) is 5.75 Å². The summed E-state index contributed by atoms with van der Waals surface area (Å²) in [7, 11) is 0. The number of allylic oxidation sites excluding steroid dienone is 1. The van der Waals surface area contributed by atoms with Gasteiger partial charge in [-0.2, -0.15) is 5.26 Å². The summed E-state index contributed by atoms with van der Waals surface area (Å²) in [5.41, 5.74) is 1.08. The molecule has 0 saturated heterocycles. The Balaban J connectivity index is 1.86. The van der Waals surface area contributed by atoms with Gasteiger partial charge in [0.25, 0.3) is 0 Å². The lowest BCUT2D eigenvalue weighted by molar-refractivity contribution is 0.457. The summed E-state index contributed by atoms with van der Waals surface area (Å²) in [5, 5.41) is 17.9. The van der Waals surface area contributed by atoms with Gasteiger partial charge in [-0.3, -0.25) is 4.99 Å². The second kappa shape index (κ2) is 7.64. The summed E-state index contributed by atoms with van der Waals surface area (Å²) >= 11 is 0. The van der Waals surface area contributed by atoms with E-state index in [9.17, 15) is 5.11 Å². The molecule has 0 fully saturated rings. The molecule has 1 unspecified atom stereocenters. The van der Waals surface area contributed by atoms with Crippen LogP contribution in [0.5, 0.6) is 5.75 Å². The summed E-state index contributed by atoms with van der Waals surface area (Å²) in [4.78, 5) is 4.67. The van der Waals surface area contributed by atoms with Crippen LogP contribution in [-0.2, 0) is 6.42 Å². The number of aliphatic imine (C=N–C) groups is 1. The number of nitriles is 1. The zero-order valence-electron chi connectivity index (χ0n) is 12.3. The third kappa shape index (κ3) is 4.75. The Labute approximate surface area is 126 Å². The van der Waals surface area contributed by atoms with E-state index in [4.69, 9.17) is 5.26 Å². The average Bonchev–Trinajstić information content (AvgIpc) is 2.94. The Bertz CT molecular complexity index is 525. The number of phenolic OH excluding ortho intramolecular Hbond substituents is 1. The Morgan fingerprint density at radius 2 is 1.86 bits per heavy atom. The number of rotatable bonds is 8. The van der Waals surface area contributed by atoms with Gasteiger partial charge in [0.15, 0.2) is 0 Å². The van der Waals surface area contributed by atoms with Gasteiger partial charge in [0.2, 0.25) is 0 Å². The van der Waals surface area contributed by atoms with Crippen LogP contribution in [0.25, 0.3) is 0 Å². The minimum absolute atomic E-state index is 0.119. The minimum Gasteiger partial charge on any atom is -0.508 e. The summed E-state index contributed by atoms with van der Waals surface area (Å²) < 4.78 is 0. The molecule has 1 atom stereocenters. The molecule has 2 rings (SSSR count). The SMILES string of the molecule is N#CCCCCCCC1(Cc2ccc(O)cc2)C=CC=N1. The number of hydrogen-bond donors (Lipinski definition) is 1. The van der Waals surface area contributed by atoms with Crippen molar-refractivity contribution in [2.24, 2.45) is 4.99 Å². The largest absolute Gasteiger partial charge is 0.508 e. The fraction of sp³-hybridized carbons (Fsp3) is 0.444. The van der Waals surface area contributed by atoms with E-state index >= 15 is 0 Å². The molecule has 0 aromatic heterocycles. The second-order valence-electron chi connectivity index (χ2n) is 5.66. The first-order chi connectivity index (χ1) is 10.2. The van der Waals surface area contributed by atoms with E-state index in [0.717, 1.165) is 38.5 Å². The molecule has 1 aromatic rings. The van der Waals surface area contributed by atoms with E-state index in [0.29, 0.717) is 12.2 Å². The summed E-state index contributed by atoms with van der Waals surface area (Å²) in [5.74, 6) is 0.302. The Kier molecular flexibility index (Phi) is 5.57. The first-order valence-electron chi connectivity index (χ1n) is 7.62. The van der Waals surface area contributed by atoms with Crippen LogP contribution in [0.2, 0.25) is 0 Å². The van der Waals surface area contributed by atoms with E-state index < -0.39 is 0 Å². The van der Waals surface area contributed by atoms with Crippen molar-refractivity contribution in [3.05, 3.63) is 42.0 Å². The van der Waals surface area contributed by atoms with Crippen molar-refractivity contribution in [1.82, 2.24) is 0 Å². The molecule has 3 heteroatoms. The topological polar surface area (TPSA) is 56.4 Å². The first kappa shape index (κ1) is 15.3. The molecule has 21 heavy (non-hydrogen) atoms. The predicted molar refractivity (Wildman–Crippen MR) is 85.5 cm³/mol. The lowest BCUT2D eigenvalue weighted by Crippen LogP contribution is -2.25. The maximum atomic E-state index is 9.36. The molecule has 1 aromatic carbocycles. The van der Waals surface area contributed by atoms with Crippen molar-refractivity contribution in [3.63, 3.8) is 0 Å². The fourth-order valence-corrected chi connectivity index (χ4v) is 2.75. The minimum atomic E-state index is -0.119. The molecule has 1 N–H and O–H groups in total. The number of hydrogen-bond acceptors (Lipinski definition) is 3. The van der Waals surface area contributed by atoms with Crippen LogP contribution < -0.4 is 0 Å². The predicted octanol–water partition coefficient (Wildman–Crippen LogP) is 4.18. The highest BCUT2D eigenvalue weighted by Crippen LogP contribution is 2.29. The lowest BCUT2D eigenvalue weighted by atomic mass is 9.86. The van der Waals surface area contributed by atoms with Crippen molar-refractivity contribution in [2.75, 3.05) is 0 Å². The third-order valence-corrected chi connectivity index (χ3v) is 3.92. The lowest BCUT2D eigenvalue weighted by Gasteiger charge is -2.24. The zero-order valence-corrected chi connectivity index (χ0v) is 12.3. The van der Waals surface area contributed by atoms with Gasteiger partial charge in [-0.05, 0) is 36.6 Å².